The maximum Gasteiger partial charge on any atom is 0.113 e. The molecule has 0 aliphatic carbocycles. The Hall–Kier alpha value is -0.580. The monoisotopic (exact) mass is 338 g/mol. The lowest BCUT2D eigenvalue weighted by Crippen LogP contribution is -2.42. The fourth-order valence-corrected chi connectivity index (χ4v) is 4.74. The Morgan fingerprint density at radius 2 is 2.22 bits per heavy atom. The Balaban J connectivity index is 0.00000156. The van der Waals surface area contributed by atoms with E-state index >= 15 is 0 Å². The van der Waals surface area contributed by atoms with E-state index in [0.29, 0.717) is 11.3 Å². The summed E-state index contributed by atoms with van der Waals surface area (Å²) in [5, 5.41) is 3.54. The number of likely N-dealkylation sites (tertiary alicyclic amines) is 1. The summed E-state index contributed by atoms with van der Waals surface area (Å²) in [6.45, 7) is 9.78. The predicted octanol–water partition coefficient (Wildman–Crippen LogP) is 2.82. The van der Waals surface area contributed by atoms with E-state index in [1.165, 1.54) is 89.3 Å². The fourth-order valence-electron chi connectivity index (χ4n) is 4.74. The van der Waals surface area contributed by atoms with Gasteiger partial charge in [-0.3, -0.25) is 0 Å². The van der Waals surface area contributed by atoms with Crippen LogP contribution in [-0.2, 0) is 13.0 Å². The predicted molar refractivity (Wildman–Crippen MR) is 96.4 cm³/mol. The van der Waals surface area contributed by atoms with Crippen LogP contribution in [0, 0.1) is 5.41 Å². The molecule has 0 amide bonds. The average Bonchev–Trinajstić information content (AvgIpc) is 3.14. The highest BCUT2D eigenvalue weighted by atomic mass is 35.5. The first kappa shape index (κ1) is 17.2. The summed E-state index contributed by atoms with van der Waals surface area (Å²) in [5.41, 5.74) is 1.96. The first-order valence-corrected chi connectivity index (χ1v) is 9.21. The molecule has 0 saturated carbocycles. The minimum atomic E-state index is 0. The molecule has 4 rings (SSSR count). The lowest BCUT2D eigenvalue weighted by molar-refractivity contribution is 0.138. The van der Waals surface area contributed by atoms with E-state index in [1.54, 1.807) is 0 Å². The Bertz CT molecular complexity index is 521. The number of hydrogen-bond donors (Lipinski definition) is 1. The van der Waals surface area contributed by atoms with Gasteiger partial charge in [0.1, 0.15) is 5.82 Å². The molecule has 4 nitrogen and oxygen atoms in total. The molecule has 2 saturated heterocycles. The molecule has 2 unspecified atom stereocenters. The van der Waals surface area contributed by atoms with E-state index in [2.05, 4.69) is 27.9 Å². The van der Waals surface area contributed by atoms with E-state index in [-0.39, 0.29) is 12.4 Å². The summed E-state index contributed by atoms with van der Waals surface area (Å²) in [7, 11) is 0. The summed E-state index contributed by atoms with van der Waals surface area (Å²) in [6.07, 6.45) is 10.0. The minimum absolute atomic E-state index is 0. The van der Waals surface area contributed by atoms with Crippen LogP contribution in [0.15, 0.2) is 6.20 Å². The molecule has 2 atom stereocenters. The topological polar surface area (TPSA) is 33.1 Å². The molecule has 3 aliphatic rings. The molecule has 5 heteroatoms. The molecule has 0 aromatic carbocycles. The number of rotatable bonds is 3. The van der Waals surface area contributed by atoms with Crippen LogP contribution < -0.4 is 5.32 Å². The van der Waals surface area contributed by atoms with Gasteiger partial charge >= 0.3 is 0 Å². The summed E-state index contributed by atoms with van der Waals surface area (Å²) >= 11 is 0. The van der Waals surface area contributed by atoms with Crippen LogP contribution in [0.3, 0.4) is 0 Å². The van der Waals surface area contributed by atoms with E-state index in [0.717, 1.165) is 0 Å². The van der Waals surface area contributed by atoms with Gasteiger partial charge in [0, 0.05) is 44.0 Å². The molecule has 1 aromatic rings. The zero-order valence-electron chi connectivity index (χ0n) is 14.4. The van der Waals surface area contributed by atoms with E-state index in [9.17, 15) is 0 Å². The number of nitrogens with zero attached hydrogens (tertiary/aromatic N) is 3. The van der Waals surface area contributed by atoms with Crippen LogP contribution in [0.5, 0.6) is 0 Å². The van der Waals surface area contributed by atoms with Crippen molar-refractivity contribution in [2.24, 2.45) is 5.41 Å². The van der Waals surface area contributed by atoms with Crippen molar-refractivity contribution in [1.82, 2.24) is 19.8 Å². The molecule has 0 bridgehead atoms. The van der Waals surface area contributed by atoms with Crippen molar-refractivity contribution in [3.05, 3.63) is 17.7 Å². The second-order valence-electron chi connectivity index (χ2n) is 8.03. The Morgan fingerprint density at radius 1 is 1.30 bits per heavy atom. The minimum Gasteiger partial charge on any atom is -0.332 e. The molecule has 1 aromatic heterocycles. The molecule has 4 heterocycles. The summed E-state index contributed by atoms with van der Waals surface area (Å²) in [6, 6.07) is 0. The molecule has 3 aliphatic heterocycles. The Labute approximate surface area is 146 Å². The van der Waals surface area contributed by atoms with E-state index < -0.39 is 0 Å². The average molecular weight is 339 g/mol. The van der Waals surface area contributed by atoms with Crippen molar-refractivity contribution in [1.29, 1.82) is 0 Å². The third-order valence-corrected chi connectivity index (χ3v) is 5.97. The molecule has 0 radical (unpaired) electrons. The molecule has 2 fully saturated rings. The quantitative estimate of drug-likeness (QED) is 0.920. The number of imidazole rings is 1. The number of piperidine rings is 1. The van der Waals surface area contributed by atoms with E-state index in [4.69, 9.17) is 4.98 Å². The van der Waals surface area contributed by atoms with Crippen LogP contribution in [0.1, 0.15) is 56.5 Å². The molecule has 0 spiro atoms. The van der Waals surface area contributed by atoms with Gasteiger partial charge in [-0.2, -0.15) is 0 Å². The summed E-state index contributed by atoms with van der Waals surface area (Å²) < 4.78 is 2.54. The molecular formula is C18H31ClN4. The molecule has 23 heavy (non-hydrogen) atoms. The van der Waals surface area contributed by atoms with Crippen LogP contribution in [0.25, 0.3) is 0 Å². The molecule has 130 valence electrons. The molecular weight excluding hydrogens is 308 g/mol. The van der Waals surface area contributed by atoms with Crippen molar-refractivity contribution in [3.63, 3.8) is 0 Å². The smallest absolute Gasteiger partial charge is 0.113 e. The first-order chi connectivity index (χ1) is 10.7. The van der Waals surface area contributed by atoms with Gasteiger partial charge in [-0.1, -0.05) is 6.92 Å². The highest BCUT2D eigenvalue weighted by molar-refractivity contribution is 5.85. The maximum atomic E-state index is 4.83. The fraction of sp³-hybridized carbons (Fsp3) is 0.833. The SMILES string of the molecule is CC1(CN2CCCC(c3ncc4n3CCCC4)C2)CCNC1.Cl. The number of hydrogen-bond acceptors (Lipinski definition) is 3. The number of nitrogens with one attached hydrogen (secondary N) is 1. The van der Waals surface area contributed by atoms with Gasteiger partial charge in [0.05, 0.1) is 0 Å². The van der Waals surface area contributed by atoms with Crippen molar-refractivity contribution in [2.75, 3.05) is 32.7 Å². The van der Waals surface area contributed by atoms with Crippen LogP contribution in [0.4, 0.5) is 0 Å². The maximum absolute atomic E-state index is 4.83. The number of aromatic nitrogens is 2. The third-order valence-electron chi connectivity index (χ3n) is 5.97. The van der Waals surface area contributed by atoms with Gasteiger partial charge in [-0.25, -0.2) is 4.98 Å². The van der Waals surface area contributed by atoms with Crippen LogP contribution >= 0.6 is 12.4 Å². The van der Waals surface area contributed by atoms with Crippen molar-refractivity contribution in [3.8, 4) is 0 Å². The summed E-state index contributed by atoms with van der Waals surface area (Å²) in [5.74, 6) is 2.03. The standard InChI is InChI=1S/C18H30N4.ClH/c1-18(7-8-19-13-18)14-21-9-4-5-15(12-21)17-20-11-16-6-2-3-10-22(16)17;/h11,15,19H,2-10,12-14H2,1H3;1H. The van der Waals surface area contributed by atoms with Gasteiger partial charge in [-0.05, 0) is 57.0 Å². The van der Waals surface area contributed by atoms with Crippen molar-refractivity contribution >= 4 is 12.4 Å². The van der Waals surface area contributed by atoms with Gasteiger partial charge in [-0.15, -0.1) is 12.4 Å². The van der Waals surface area contributed by atoms with Crippen LogP contribution in [-0.4, -0.2) is 47.2 Å². The highest BCUT2D eigenvalue weighted by Crippen LogP contribution is 2.32. The second kappa shape index (κ2) is 7.12. The van der Waals surface area contributed by atoms with Crippen molar-refractivity contribution in [2.45, 2.75) is 57.9 Å². The first-order valence-electron chi connectivity index (χ1n) is 9.21. The van der Waals surface area contributed by atoms with Gasteiger partial charge < -0.3 is 14.8 Å². The zero-order valence-corrected chi connectivity index (χ0v) is 15.2. The number of fused-ring (bicyclic) bond motifs is 1. The highest BCUT2D eigenvalue weighted by Gasteiger charge is 2.33. The van der Waals surface area contributed by atoms with Gasteiger partial charge in [0.15, 0.2) is 0 Å². The van der Waals surface area contributed by atoms with E-state index in [1.807, 2.05) is 0 Å². The summed E-state index contributed by atoms with van der Waals surface area (Å²) in [4.78, 5) is 7.54. The zero-order chi connectivity index (χ0) is 15.0. The number of halogens is 1. The largest absolute Gasteiger partial charge is 0.332 e. The number of aryl methyl sites for hydroxylation is 1. The van der Waals surface area contributed by atoms with Gasteiger partial charge in [0.2, 0.25) is 0 Å². The Kier molecular flexibility index (Phi) is 5.34. The Morgan fingerprint density at radius 3 is 3.04 bits per heavy atom. The lowest BCUT2D eigenvalue weighted by Gasteiger charge is -2.37. The van der Waals surface area contributed by atoms with Crippen LogP contribution in [0.2, 0.25) is 0 Å². The molecule has 1 N–H and O–H groups in total. The second-order valence-corrected chi connectivity index (χ2v) is 8.03. The van der Waals surface area contributed by atoms with Gasteiger partial charge in [0.25, 0.3) is 0 Å². The lowest BCUT2D eigenvalue weighted by atomic mass is 9.87. The normalized spacial score (nSPS) is 31.6. The third kappa shape index (κ3) is 3.59. The van der Waals surface area contributed by atoms with Crippen molar-refractivity contribution < 1.29 is 0 Å².